The van der Waals surface area contributed by atoms with Crippen molar-refractivity contribution in [3.05, 3.63) is 42.2 Å². The van der Waals surface area contributed by atoms with Crippen LogP contribution >= 0.6 is 11.8 Å². The van der Waals surface area contributed by atoms with E-state index >= 15 is 0 Å². The highest BCUT2D eigenvalue weighted by Crippen LogP contribution is 2.42. The van der Waals surface area contributed by atoms with E-state index in [4.69, 9.17) is 4.52 Å². The van der Waals surface area contributed by atoms with Gasteiger partial charge in [0.1, 0.15) is 0 Å². The number of hydrogen-bond acceptors (Lipinski definition) is 6. The van der Waals surface area contributed by atoms with E-state index in [2.05, 4.69) is 61.9 Å². The number of nitrogens with zero attached hydrogens (tertiary/aromatic N) is 5. The zero-order valence-electron chi connectivity index (χ0n) is 16.6. The lowest BCUT2D eigenvalue weighted by Crippen LogP contribution is -1.99. The molecular formula is C21H24N6OS. The smallest absolute Gasteiger partial charge is 0.237 e. The minimum Gasteiger partial charge on any atom is -0.360 e. The number of thioether (sulfide) groups is 1. The van der Waals surface area contributed by atoms with E-state index in [0.29, 0.717) is 23.6 Å². The molecule has 0 atom stereocenters. The number of benzene rings is 1. The Hall–Kier alpha value is -2.61. The fraction of sp³-hybridized carbons (Fsp3) is 0.429. The summed E-state index contributed by atoms with van der Waals surface area (Å²) in [5.41, 5.74) is 2.21. The molecular weight excluding hydrogens is 384 g/mol. The molecule has 1 aliphatic carbocycles. The Labute approximate surface area is 173 Å². The van der Waals surface area contributed by atoms with E-state index in [1.165, 1.54) is 18.2 Å². The molecule has 0 bridgehead atoms. The lowest BCUT2D eigenvalue weighted by atomic mass is 10.1. The summed E-state index contributed by atoms with van der Waals surface area (Å²) in [6.07, 6.45) is 6.29. The lowest BCUT2D eigenvalue weighted by Gasteiger charge is -2.07. The summed E-state index contributed by atoms with van der Waals surface area (Å²) in [4.78, 5) is 7.87. The Kier molecular flexibility index (Phi) is 4.87. The summed E-state index contributed by atoms with van der Waals surface area (Å²) < 4.78 is 7.70. The van der Waals surface area contributed by atoms with Crippen LogP contribution in [-0.4, -0.2) is 29.9 Å². The van der Waals surface area contributed by atoms with Crippen LogP contribution in [0.5, 0.6) is 0 Å². The van der Waals surface area contributed by atoms with Gasteiger partial charge in [0.25, 0.3) is 0 Å². The minimum atomic E-state index is 0.473. The Bertz CT molecular complexity index is 1120. The fourth-order valence-electron chi connectivity index (χ4n) is 3.47. The SMILES string of the molecule is CC(C)CCc1noc(CSc2nnc(-c3c[nH]c4ccccc34)n2C2CC2)n1. The Morgan fingerprint density at radius 2 is 2.10 bits per heavy atom. The van der Waals surface area contributed by atoms with Crippen LogP contribution in [0.1, 0.15) is 50.9 Å². The molecule has 1 aliphatic rings. The van der Waals surface area contributed by atoms with Crippen molar-refractivity contribution in [1.82, 2.24) is 29.9 Å². The maximum Gasteiger partial charge on any atom is 0.237 e. The van der Waals surface area contributed by atoms with E-state index in [1.54, 1.807) is 11.8 Å². The van der Waals surface area contributed by atoms with Gasteiger partial charge in [0.15, 0.2) is 16.8 Å². The van der Waals surface area contributed by atoms with Crippen molar-refractivity contribution < 1.29 is 4.52 Å². The number of nitrogens with one attached hydrogen (secondary N) is 1. The molecule has 29 heavy (non-hydrogen) atoms. The summed E-state index contributed by atoms with van der Waals surface area (Å²) in [5.74, 6) is 3.60. The van der Waals surface area contributed by atoms with Crippen molar-refractivity contribution in [2.45, 2.75) is 56.5 Å². The van der Waals surface area contributed by atoms with Gasteiger partial charge in [-0.25, -0.2) is 0 Å². The first kappa shape index (κ1) is 18.4. The van der Waals surface area contributed by atoms with Crippen molar-refractivity contribution in [2.24, 2.45) is 5.92 Å². The van der Waals surface area contributed by atoms with Crippen LogP contribution in [0.25, 0.3) is 22.3 Å². The number of aryl methyl sites for hydroxylation is 1. The molecule has 0 radical (unpaired) electrons. The van der Waals surface area contributed by atoms with Crippen LogP contribution in [0.4, 0.5) is 0 Å². The molecule has 150 valence electrons. The van der Waals surface area contributed by atoms with Crippen LogP contribution in [0, 0.1) is 5.92 Å². The highest BCUT2D eigenvalue weighted by Gasteiger charge is 2.31. The van der Waals surface area contributed by atoms with E-state index in [0.717, 1.165) is 40.7 Å². The highest BCUT2D eigenvalue weighted by atomic mass is 32.2. The summed E-state index contributed by atoms with van der Waals surface area (Å²) in [5, 5.41) is 15.2. The van der Waals surface area contributed by atoms with Gasteiger partial charge in [-0.15, -0.1) is 10.2 Å². The molecule has 1 fully saturated rings. The Morgan fingerprint density at radius 1 is 1.24 bits per heavy atom. The van der Waals surface area contributed by atoms with Crippen LogP contribution in [0.15, 0.2) is 40.1 Å². The number of aromatic amines is 1. The summed E-state index contributed by atoms with van der Waals surface area (Å²) in [6, 6.07) is 8.77. The number of fused-ring (bicyclic) bond motifs is 1. The molecule has 3 heterocycles. The second-order valence-electron chi connectivity index (χ2n) is 7.98. The quantitative estimate of drug-likeness (QED) is 0.412. The molecule has 1 N–H and O–H groups in total. The molecule has 8 heteroatoms. The van der Waals surface area contributed by atoms with Crippen LogP contribution in [0.3, 0.4) is 0 Å². The predicted molar refractivity (Wildman–Crippen MR) is 113 cm³/mol. The number of hydrogen-bond donors (Lipinski definition) is 1. The van der Waals surface area contributed by atoms with Crippen LogP contribution in [0.2, 0.25) is 0 Å². The molecule has 4 aromatic rings. The first-order chi connectivity index (χ1) is 14.2. The minimum absolute atomic E-state index is 0.473. The third kappa shape index (κ3) is 3.81. The topological polar surface area (TPSA) is 85.4 Å². The molecule has 3 aromatic heterocycles. The molecule has 0 spiro atoms. The first-order valence-electron chi connectivity index (χ1n) is 10.1. The van der Waals surface area contributed by atoms with Gasteiger partial charge in [0.2, 0.25) is 5.89 Å². The van der Waals surface area contributed by atoms with Gasteiger partial charge < -0.3 is 9.51 Å². The monoisotopic (exact) mass is 408 g/mol. The summed E-state index contributed by atoms with van der Waals surface area (Å²) in [7, 11) is 0. The standard InChI is InChI=1S/C21H24N6OS/c1-13(2)7-10-18-23-19(28-26-18)12-29-21-25-24-20(27(21)14-8-9-14)16-11-22-17-6-4-3-5-15(16)17/h3-6,11,13-14,22H,7-10,12H2,1-2H3. The lowest BCUT2D eigenvalue weighted by molar-refractivity contribution is 0.383. The normalized spacial score (nSPS) is 14.3. The zero-order chi connectivity index (χ0) is 19.8. The summed E-state index contributed by atoms with van der Waals surface area (Å²) >= 11 is 1.61. The molecule has 7 nitrogen and oxygen atoms in total. The second kappa shape index (κ2) is 7.67. The summed E-state index contributed by atoms with van der Waals surface area (Å²) in [6.45, 7) is 4.40. The van der Waals surface area contributed by atoms with E-state index in [9.17, 15) is 0 Å². The largest absolute Gasteiger partial charge is 0.360 e. The number of aromatic nitrogens is 6. The van der Waals surface area contributed by atoms with E-state index in [1.807, 2.05) is 12.3 Å². The predicted octanol–water partition coefficient (Wildman–Crippen LogP) is 5.03. The van der Waals surface area contributed by atoms with Gasteiger partial charge >= 0.3 is 0 Å². The Morgan fingerprint density at radius 3 is 2.93 bits per heavy atom. The van der Waals surface area contributed by atoms with Crippen molar-refractivity contribution in [2.75, 3.05) is 0 Å². The molecule has 0 amide bonds. The third-order valence-corrected chi connectivity index (χ3v) is 6.11. The van der Waals surface area contributed by atoms with Crippen molar-refractivity contribution in [3.8, 4) is 11.4 Å². The van der Waals surface area contributed by atoms with Gasteiger partial charge in [0.05, 0.1) is 5.75 Å². The van der Waals surface area contributed by atoms with Crippen molar-refractivity contribution in [3.63, 3.8) is 0 Å². The third-order valence-electron chi connectivity index (χ3n) is 5.19. The average molecular weight is 409 g/mol. The van der Waals surface area contributed by atoms with Crippen LogP contribution < -0.4 is 0 Å². The number of rotatable bonds is 8. The fourth-order valence-corrected chi connectivity index (χ4v) is 4.31. The van der Waals surface area contributed by atoms with Gasteiger partial charge in [-0.2, -0.15) is 4.98 Å². The Balaban J connectivity index is 1.37. The molecule has 5 rings (SSSR count). The van der Waals surface area contributed by atoms with Gasteiger partial charge in [0, 0.05) is 35.1 Å². The highest BCUT2D eigenvalue weighted by molar-refractivity contribution is 7.98. The van der Waals surface area contributed by atoms with Crippen LogP contribution in [-0.2, 0) is 12.2 Å². The molecule has 0 saturated heterocycles. The first-order valence-corrected chi connectivity index (χ1v) is 11.1. The van der Waals surface area contributed by atoms with E-state index < -0.39 is 0 Å². The van der Waals surface area contributed by atoms with Crippen molar-refractivity contribution in [1.29, 1.82) is 0 Å². The van der Waals surface area contributed by atoms with Gasteiger partial charge in [-0.05, 0) is 31.2 Å². The number of para-hydroxylation sites is 1. The maximum atomic E-state index is 5.43. The average Bonchev–Trinajstić information content (AvgIpc) is 3.14. The van der Waals surface area contributed by atoms with E-state index in [-0.39, 0.29) is 0 Å². The van der Waals surface area contributed by atoms with Gasteiger partial charge in [-0.3, -0.25) is 4.57 Å². The van der Waals surface area contributed by atoms with Gasteiger partial charge in [-0.1, -0.05) is 49.0 Å². The number of H-pyrrole nitrogens is 1. The second-order valence-corrected chi connectivity index (χ2v) is 8.92. The molecule has 0 aliphatic heterocycles. The molecule has 0 unspecified atom stereocenters. The zero-order valence-corrected chi connectivity index (χ0v) is 17.4. The van der Waals surface area contributed by atoms with Crippen molar-refractivity contribution >= 4 is 22.7 Å². The molecule has 1 saturated carbocycles. The maximum absolute atomic E-state index is 5.43. The molecule has 1 aromatic carbocycles.